The van der Waals surface area contributed by atoms with Crippen LogP contribution in [0.5, 0.6) is 0 Å². The zero-order valence-corrected chi connectivity index (χ0v) is 50.9. The molecular formula is C62H83ClN10O13. The molecule has 9 N–H and O–H groups in total. The highest BCUT2D eigenvalue weighted by atomic mass is 35.5. The molecule has 24 heteroatoms. The van der Waals surface area contributed by atoms with Crippen LogP contribution in [0.2, 0.25) is 5.02 Å². The van der Waals surface area contributed by atoms with Crippen LogP contribution in [0.1, 0.15) is 119 Å². The Kier molecular flexibility index (Phi) is 27.7. The first-order valence-electron chi connectivity index (χ1n) is 28.9. The molecule has 5 atom stereocenters. The van der Waals surface area contributed by atoms with Gasteiger partial charge in [-0.1, -0.05) is 106 Å². The standard InChI is InChI=1S/C62H83ClN10O13/c1-9-47(35-74)86-52(85-40(6)7)37-84-62(82)67-31-28-51(75)71-53(38(2)3)57(77)70-49(17-13-29-65-60(64)80)56(76)68-46-25-20-43(21-26-46)36-83-61(81)66-30-14-32-72(58(78)44-22-18-41(8)19-23-44)54(39(4)5)55-69-50-33-45(63)24-27-48(50)59(79)73(55)34-42-15-11-10-12-16-42/h10-12,15-16,18-27,33,38-40,47,49,52-54,74H,9,13-14,17,28-32,34-37H2,1-8H3,(H,66,81)(H,67,82)(H,68,76)(H,70,77)(H,71,75)(H3,64,65,80). The number of carbonyl (C=O) groups excluding carboxylic acids is 7. The second-order valence-electron chi connectivity index (χ2n) is 21.6. The minimum atomic E-state index is -1.13. The third-order valence-corrected chi connectivity index (χ3v) is 13.9. The number of nitrogens with zero attached hydrogens (tertiary/aromatic N) is 3. The van der Waals surface area contributed by atoms with Gasteiger partial charge in [0, 0.05) is 48.9 Å². The zero-order chi connectivity index (χ0) is 62.9. The summed E-state index contributed by atoms with van der Waals surface area (Å²) in [7, 11) is 0. The number of hydrogen-bond donors (Lipinski definition) is 8. The quantitative estimate of drug-likeness (QED) is 0.0152. The van der Waals surface area contributed by atoms with Crippen molar-refractivity contribution in [3.05, 3.63) is 141 Å². The molecule has 0 bridgehead atoms. The maximum atomic E-state index is 14.6. The van der Waals surface area contributed by atoms with Gasteiger partial charge in [0.05, 0.1) is 42.3 Å². The second-order valence-corrected chi connectivity index (χ2v) is 22.1. The number of nitrogens with two attached hydrogens (primary N) is 1. The summed E-state index contributed by atoms with van der Waals surface area (Å²) < 4.78 is 23.7. The van der Waals surface area contributed by atoms with Gasteiger partial charge < -0.3 is 66.6 Å². The Hall–Kier alpha value is -8.12. The number of benzene rings is 4. The molecule has 5 aromatic rings. The average molecular weight is 1210 g/mol. The Morgan fingerprint density at radius 2 is 1.43 bits per heavy atom. The first-order valence-corrected chi connectivity index (χ1v) is 29.3. The number of aromatic nitrogens is 2. The van der Waals surface area contributed by atoms with Crippen molar-refractivity contribution in [3.8, 4) is 0 Å². The number of rotatable bonds is 33. The van der Waals surface area contributed by atoms with E-state index in [1.54, 1.807) is 91.8 Å². The Morgan fingerprint density at radius 1 is 0.756 bits per heavy atom. The van der Waals surface area contributed by atoms with Gasteiger partial charge >= 0.3 is 18.2 Å². The number of primary amides is 1. The summed E-state index contributed by atoms with van der Waals surface area (Å²) in [5.74, 6) is -2.36. The van der Waals surface area contributed by atoms with Gasteiger partial charge in [0.1, 0.15) is 31.1 Å². The Morgan fingerprint density at radius 3 is 2.07 bits per heavy atom. The normalized spacial score (nSPS) is 13.0. The van der Waals surface area contributed by atoms with Crippen LogP contribution in [-0.2, 0) is 46.5 Å². The van der Waals surface area contributed by atoms with Crippen LogP contribution < -0.4 is 43.2 Å². The number of halogens is 1. The first kappa shape index (κ1) is 68.7. The number of fused-ring (bicyclic) bond motifs is 1. The lowest BCUT2D eigenvalue weighted by Gasteiger charge is -2.35. The van der Waals surface area contributed by atoms with E-state index in [1.165, 1.54) is 0 Å². The largest absolute Gasteiger partial charge is 0.445 e. The number of ether oxygens (including phenoxy) is 4. The number of nitrogens with one attached hydrogen (secondary N) is 6. The van der Waals surface area contributed by atoms with Gasteiger partial charge in [-0.25, -0.2) is 19.4 Å². The molecule has 0 aliphatic rings. The van der Waals surface area contributed by atoms with Gasteiger partial charge in [-0.2, -0.15) is 0 Å². The summed E-state index contributed by atoms with van der Waals surface area (Å²) in [5, 5.41) is 26.2. The second kappa shape index (κ2) is 34.7. The van der Waals surface area contributed by atoms with Gasteiger partial charge in [0.15, 0.2) is 6.29 Å². The lowest BCUT2D eigenvalue weighted by Crippen LogP contribution is -2.54. The van der Waals surface area contributed by atoms with Crippen LogP contribution in [0.4, 0.5) is 20.1 Å². The number of hydrogen-bond acceptors (Lipinski definition) is 14. The number of carbonyl (C=O) groups is 7. The smallest absolute Gasteiger partial charge is 0.407 e. The van der Waals surface area contributed by atoms with Crippen LogP contribution in [0.3, 0.4) is 0 Å². The van der Waals surface area contributed by atoms with Crippen LogP contribution in [-0.4, -0.2) is 131 Å². The number of alkyl carbamates (subject to hydrolysis) is 2. The fourth-order valence-corrected chi connectivity index (χ4v) is 9.30. The number of aliphatic hydroxyl groups excluding tert-OH is 1. The van der Waals surface area contributed by atoms with Crippen LogP contribution >= 0.6 is 11.6 Å². The summed E-state index contributed by atoms with van der Waals surface area (Å²) in [6, 6.07) is 24.5. The number of aliphatic hydroxyl groups is 1. The molecule has 8 amide bonds. The number of urea groups is 1. The topological polar surface area (TPSA) is 313 Å². The van der Waals surface area contributed by atoms with Crippen molar-refractivity contribution in [3.63, 3.8) is 0 Å². The number of anilines is 1. The Labute approximate surface area is 506 Å². The van der Waals surface area contributed by atoms with E-state index < -0.39 is 72.4 Å². The maximum absolute atomic E-state index is 14.6. The minimum absolute atomic E-state index is 0.0741. The molecule has 4 aromatic carbocycles. The molecule has 5 unspecified atom stereocenters. The molecule has 0 saturated carbocycles. The zero-order valence-electron chi connectivity index (χ0n) is 50.2. The monoisotopic (exact) mass is 1210 g/mol. The van der Waals surface area contributed by atoms with Gasteiger partial charge in [-0.3, -0.25) is 28.5 Å². The fraction of sp³-hybridized carbons (Fsp3) is 0.468. The highest BCUT2D eigenvalue weighted by Crippen LogP contribution is 2.31. The molecule has 0 aliphatic carbocycles. The van der Waals surface area contributed by atoms with Crippen molar-refractivity contribution in [2.75, 3.05) is 44.7 Å². The maximum Gasteiger partial charge on any atom is 0.407 e. The van der Waals surface area contributed by atoms with Crippen molar-refractivity contribution in [1.82, 2.24) is 41.0 Å². The summed E-state index contributed by atoms with van der Waals surface area (Å²) in [6.45, 7) is 14.5. The SMILES string of the molecule is CCC(CO)OC(COC(=O)NCCC(=O)NC(C(=O)NC(CCCNC(N)=O)C(=O)Nc1ccc(COC(=O)NCCCN(C(=O)c2ccc(C)cc2)C(c2nc3cc(Cl)ccc3c(=O)n2Cc2ccccc2)C(C)C)cc1)C(C)C)OC(C)C. The molecule has 0 fully saturated rings. The van der Waals surface area contributed by atoms with Crippen LogP contribution in [0.15, 0.2) is 102 Å². The molecule has 86 heavy (non-hydrogen) atoms. The number of aryl methyl sites for hydroxylation is 1. The first-order chi connectivity index (χ1) is 41.1. The van der Waals surface area contributed by atoms with Gasteiger partial charge in [0.2, 0.25) is 17.7 Å². The Bertz CT molecular complexity index is 3090. The van der Waals surface area contributed by atoms with E-state index >= 15 is 0 Å². The van der Waals surface area contributed by atoms with Crippen molar-refractivity contribution >= 4 is 70.0 Å². The van der Waals surface area contributed by atoms with Crippen molar-refractivity contribution in [1.29, 1.82) is 0 Å². The van der Waals surface area contributed by atoms with Gasteiger partial charge in [-0.15, -0.1) is 0 Å². The Balaban J connectivity index is 1.18. The predicted molar refractivity (Wildman–Crippen MR) is 326 cm³/mol. The fourth-order valence-electron chi connectivity index (χ4n) is 9.13. The third-order valence-electron chi connectivity index (χ3n) is 13.6. The van der Waals surface area contributed by atoms with Crippen LogP contribution in [0, 0.1) is 18.8 Å². The molecule has 0 saturated heterocycles. The molecular weight excluding hydrogens is 1130 g/mol. The molecule has 5 rings (SSSR count). The average Bonchev–Trinajstić information content (AvgIpc) is 1.41. The van der Waals surface area contributed by atoms with E-state index in [2.05, 4.69) is 31.9 Å². The molecule has 0 spiro atoms. The molecule has 1 aromatic heterocycles. The molecule has 23 nitrogen and oxygen atoms in total. The molecule has 1 heterocycles. The molecule has 0 aliphatic heterocycles. The summed E-state index contributed by atoms with van der Waals surface area (Å²) >= 11 is 6.42. The van der Waals surface area contributed by atoms with Crippen LogP contribution in [0.25, 0.3) is 10.9 Å². The lowest BCUT2D eigenvalue weighted by atomic mass is 9.98. The summed E-state index contributed by atoms with van der Waals surface area (Å²) in [6.07, 6.45) is -2.32. The van der Waals surface area contributed by atoms with E-state index in [0.29, 0.717) is 51.4 Å². The van der Waals surface area contributed by atoms with E-state index in [-0.39, 0.29) is 95.3 Å². The lowest BCUT2D eigenvalue weighted by molar-refractivity contribution is -0.209. The summed E-state index contributed by atoms with van der Waals surface area (Å²) in [4.78, 5) is 113. The highest BCUT2D eigenvalue weighted by molar-refractivity contribution is 6.31. The van der Waals surface area contributed by atoms with E-state index in [1.807, 2.05) is 70.2 Å². The molecule has 466 valence electrons. The summed E-state index contributed by atoms with van der Waals surface area (Å²) in [5.41, 5.74) is 8.60. The third kappa shape index (κ3) is 22.1. The van der Waals surface area contributed by atoms with E-state index in [0.717, 1.165) is 11.1 Å². The van der Waals surface area contributed by atoms with Gasteiger partial charge in [0.25, 0.3) is 11.5 Å². The minimum Gasteiger partial charge on any atom is -0.445 e. The van der Waals surface area contributed by atoms with Crippen molar-refractivity contribution in [2.24, 2.45) is 17.6 Å². The predicted octanol–water partition coefficient (Wildman–Crippen LogP) is 7.23. The number of amides is 8. The van der Waals surface area contributed by atoms with E-state index in [4.69, 9.17) is 41.3 Å². The van der Waals surface area contributed by atoms with Crippen molar-refractivity contribution in [2.45, 2.75) is 137 Å². The van der Waals surface area contributed by atoms with Crippen molar-refractivity contribution < 1.29 is 57.6 Å². The molecule has 0 radical (unpaired) electrons. The van der Waals surface area contributed by atoms with Gasteiger partial charge in [-0.05, 0) is 112 Å². The van der Waals surface area contributed by atoms with E-state index in [9.17, 15) is 43.5 Å². The highest BCUT2D eigenvalue weighted by Gasteiger charge is 2.34.